The van der Waals surface area contributed by atoms with E-state index in [-0.39, 0.29) is 74.2 Å². The molecule has 4 aromatic carbocycles. The first kappa shape index (κ1) is 64.6. The Labute approximate surface area is 514 Å². The maximum atomic E-state index is 14.7. The number of para-hydroxylation sites is 1. The molecule has 0 spiro atoms. The fraction of sp³-hybridized carbons (Fsp3) is 0.431. The number of aromatic nitrogens is 2. The van der Waals surface area contributed by atoms with Crippen LogP contribution in [0.25, 0.3) is 21.3 Å². The van der Waals surface area contributed by atoms with Crippen molar-refractivity contribution in [2.24, 2.45) is 17.1 Å². The third-order valence-corrected chi connectivity index (χ3v) is 18.7. The molecule has 23 heteroatoms. The third-order valence-electron chi connectivity index (χ3n) is 16.9. The predicted molar refractivity (Wildman–Crippen MR) is 332 cm³/mol. The Kier molecular flexibility index (Phi) is 20.0. The minimum atomic E-state index is -5.05. The highest BCUT2D eigenvalue weighted by atomic mass is 32.1. The van der Waals surface area contributed by atoms with Crippen LogP contribution in [-0.2, 0) is 52.6 Å². The van der Waals surface area contributed by atoms with Crippen molar-refractivity contribution in [2.75, 3.05) is 11.4 Å². The van der Waals surface area contributed by atoms with Crippen molar-refractivity contribution in [2.45, 2.75) is 161 Å². The van der Waals surface area contributed by atoms with E-state index >= 15 is 0 Å². The van der Waals surface area contributed by atoms with E-state index < -0.39 is 90.2 Å². The number of amides is 6. The number of aliphatic hydroxyl groups excluding tert-OH is 1. The van der Waals surface area contributed by atoms with Crippen molar-refractivity contribution in [3.05, 3.63) is 136 Å². The number of nitrogens with zero attached hydrogens (tertiary/aromatic N) is 3. The standard InChI is InChI=1S/C65H77N8O13PS/c1-36(40-18-21-42(22-19-40)58-37(2)67-35-88-58)68-60(78)52-33-47(74)34-72(52)63(81)59(65(4,5)6)71-56(77)17-9-7-8-12-39-13-10-16-48(28-39)86-38(3)49(26-27-55(66)76)70-61(79)53-31-43-15-11-14-41-20-23-44(62(80)73(53)57(41)43)32-54(75)51-30-46-29-45(24-25-50(46)69-51)64(82)87(83,84)85/h10-11,13-16,18-19,21-22,24-25,28-30,35-36,38,44,47,49,52-53,59,69,74H,7-9,12,17,20,23,26-27,31-34H2,1-6H3,(H2,66,76)(H,68,78)(H,70,79)(H,71,77)(H2,83,84,85)/t36-,38+,44+,47+,49-,52-,53-,59+/m0/s1. The predicted octanol–water partition coefficient (Wildman–Crippen LogP) is 7.70. The van der Waals surface area contributed by atoms with Crippen LogP contribution in [0.1, 0.15) is 147 Å². The van der Waals surface area contributed by atoms with Gasteiger partial charge in [0.1, 0.15) is 30.0 Å². The molecule has 0 unspecified atom stereocenters. The number of anilines is 1. The lowest BCUT2D eigenvalue weighted by atomic mass is 9.85. The van der Waals surface area contributed by atoms with Crippen LogP contribution in [0.4, 0.5) is 5.69 Å². The van der Waals surface area contributed by atoms with Crippen molar-refractivity contribution >= 4 is 82.3 Å². The van der Waals surface area contributed by atoms with Crippen molar-refractivity contribution in [1.82, 2.24) is 30.8 Å². The van der Waals surface area contributed by atoms with E-state index in [2.05, 4.69) is 25.9 Å². The number of carbonyl (C=O) groups is 8. The number of fused-ring (bicyclic) bond motifs is 1. The number of ether oxygens (including phenoxy) is 1. The number of aryl methyl sites for hydroxylation is 3. The Hall–Kier alpha value is -7.88. The lowest BCUT2D eigenvalue weighted by Crippen LogP contribution is -2.57. The molecule has 1 saturated heterocycles. The Balaban J connectivity index is 0.769. The van der Waals surface area contributed by atoms with E-state index in [0.717, 1.165) is 44.8 Å². The average molecular weight is 1240 g/mol. The zero-order valence-corrected chi connectivity index (χ0v) is 52.0. The van der Waals surface area contributed by atoms with E-state index in [1.807, 2.05) is 95.3 Å². The second-order valence-corrected chi connectivity index (χ2v) is 26.9. The number of nitrogens with two attached hydrogens (primary N) is 1. The van der Waals surface area contributed by atoms with Gasteiger partial charge in [-0.15, -0.1) is 11.3 Å². The molecule has 0 radical (unpaired) electrons. The number of hydrogen-bond acceptors (Lipinski definition) is 13. The van der Waals surface area contributed by atoms with E-state index in [1.54, 1.807) is 29.8 Å². The molecule has 9 N–H and O–H groups in total. The van der Waals surface area contributed by atoms with Gasteiger partial charge in [0, 0.05) is 61.0 Å². The number of H-pyrrole nitrogens is 1. The maximum absolute atomic E-state index is 14.7. The van der Waals surface area contributed by atoms with Gasteiger partial charge in [0.15, 0.2) is 5.78 Å². The molecule has 3 aliphatic rings. The maximum Gasteiger partial charge on any atom is 0.396 e. The summed E-state index contributed by atoms with van der Waals surface area (Å²) in [5.74, 6) is -3.27. The first-order valence-corrected chi connectivity index (χ1v) is 32.4. The van der Waals surface area contributed by atoms with Gasteiger partial charge in [-0.2, -0.15) is 0 Å². The van der Waals surface area contributed by atoms with Crippen molar-refractivity contribution in [3.8, 4) is 16.2 Å². The zero-order chi connectivity index (χ0) is 63.4. The quantitative estimate of drug-likeness (QED) is 0.0155. The van der Waals surface area contributed by atoms with Gasteiger partial charge in [0.2, 0.25) is 35.4 Å². The molecule has 6 aromatic rings. The zero-order valence-electron chi connectivity index (χ0n) is 50.2. The number of hydrogen-bond donors (Lipinski definition) is 8. The van der Waals surface area contributed by atoms with Crippen molar-refractivity contribution in [3.63, 3.8) is 0 Å². The molecule has 0 bridgehead atoms. The van der Waals surface area contributed by atoms with Crippen LogP contribution >= 0.6 is 18.9 Å². The van der Waals surface area contributed by atoms with E-state index in [9.17, 15) is 57.8 Å². The second-order valence-electron chi connectivity index (χ2n) is 24.6. The molecule has 8 atom stereocenters. The number of primary amides is 1. The van der Waals surface area contributed by atoms with Crippen molar-refractivity contribution < 1.29 is 62.6 Å². The summed E-state index contributed by atoms with van der Waals surface area (Å²) in [4.78, 5) is 139. The number of carbonyl (C=O) groups excluding carboxylic acids is 8. The highest BCUT2D eigenvalue weighted by Gasteiger charge is 2.47. The van der Waals surface area contributed by atoms with Crippen LogP contribution in [0.3, 0.4) is 0 Å². The van der Waals surface area contributed by atoms with Gasteiger partial charge in [0.25, 0.3) is 5.52 Å². The lowest BCUT2D eigenvalue weighted by molar-refractivity contribution is -0.144. The van der Waals surface area contributed by atoms with Crippen molar-refractivity contribution in [1.29, 1.82) is 0 Å². The van der Waals surface area contributed by atoms with Crippen LogP contribution < -0.4 is 31.3 Å². The SMILES string of the molecule is Cc1ncsc1-c1ccc([C@H](C)NC(=O)[C@@H]2C[C@@H](O)CN2C(=O)[C@@H](NC(=O)CCCCCc2cccc(O[C@H](C)[C@H](CCC(N)=O)NC(=O)[C@@H]3Cc4cccc5c4N3C(=O)[C@@H](CC(=O)c3cc4cc(C(=O)P(=O)(O)O)ccc4[nH]3)CC5)c2)C(C)(C)C)cc1. The van der Waals surface area contributed by atoms with Crippen LogP contribution in [0, 0.1) is 18.3 Å². The van der Waals surface area contributed by atoms with Gasteiger partial charge < -0.3 is 51.2 Å². The molecule has 9 rings (SSSR count). The monoisotopic (exact) mass is 1240 g/mol. The second kappa shape index (κ2) is 27.2. The molecule has 21 nitrogen and oxygen atoms in total. The largest absolute Gasteiger partial charge is 0.489 e. The van der Waals surface area contributed by atoms with Gasteiger partial charge in [-0.25, -0.2) is 4.98 Å². The molecule has 6 amide bonds. The number of benzene rings is 4. The number of unbranched alkanes of at least 4 members (excludes halogenated alkanes) is 2. The summed E-state index contributed by atoms with van der Waals surface area (Å²) in [5, 5.41) is 20.2. The molecule has 5 heterocycles. The molecule has 466 valence electrons. The van der Waals surface area contributed by atoms with Crippen LogP contribution in [0.5, 0.6) is 5.75 Å². The molecular formula is C65H77N8O13PS. The minimum absolute atomic E-state index is 0.0379. The Morgan fingerprint density at radius 1 is 0.875 bits per heavy atom. The highest BCUT2D eigenvalue weighted by molar-refractivity contribution is 7.70. The first-order valence-electron chi connectivity index (χ1n) is 29.9. The van der Waals surface area contributed by atoms with E-state index in [4.69, 9.17) is 10.5 Å². The number of aliphatic hydroxyl groups is 1. The normalized spacial score (nSPS) is 18.9. The first-order chi connectivity index (χ1) is 41.7. The Morgan fingerprint density at radius 3 is 2.31 bits per heavy atom. The minimum Gasteiger partial charge on any atom is -0.489 e. The summed E-state index contributed by atoms with van der Waals surface area (Å²) in [7, 11) is -5.05. The molecular weight excluding hydrogens is 1160 g/mol. The van der Waals surface area contributed by atoms with Crippen LogP contribution in [-0.4, -0.2) is 119 Å². The topological polar surface area (TPSA) is 321 Å². The number of thiazole rings is 1. The smallest absolute Gasteiger partial charge is 0.396 e. The average Bonchev–Trinajstić information content (AvgIpc) is 1.69. The van der Waals surface area contributed by atoms with E-state index in [1.165, 1.54) is 34.1 Å². The number of Topliss-reactive ketones (excluding diaryl/α,β-unsaturated/α-hetero) is 1. The molecule has 88 heavy (non-hydrogen) atoms. The lowest BCUT2D eigenvalue weighted by Gasteiger charge is -2.35. The molecule has 1 fully saturated rings. The third kappa shape index (κ3) is 15.2. The van der Waals surface area contributed by atoms with Crippen LogP contribution in [0.2, 0.25) is 0 Å². The van der Waals surface area contributed by atoms with Gasteiger partial charge in [-0.3, -0.25) is 47.8 Å². The number of nitrogens with one attached hydrogen (secondary N) is 4. The summed E-state index contributed by atoms with van der Waals surface area (Å²) in [6.45, 7) is 11.1. The highest BCUT2D eigenvalue weighted by Crippen LogP contribution is 2.42. The molecule has 0 aliphatic carbocycles. The van der Waals surface area contributed by atoms with Crippen LogP contribution in [0.15, 0.2) is 96.5 Å². The number of ketones is 1. The number of β-amino-alcohol motifs (C(OH)–C–C–N with tert-alkyl or cyclic N) is 1. The van der Waals surface area contributed by atoms with Gasteiger partial charge >= 0.3 is 7.60 Å². The molecule has 2 aromatic heterocycles. The van der Waals surface area contributed by atoms with Gasteiger partial charge in [0.05, 0.1) is 45.7 Å². The Bertz CT molecular complexity index is 3680. The van der Waals surface area contributed by atoms with Gasteiger partial charge in [-0.05, 0) is 129 Å². The Morgan fingerprint density at radius 2 is 1.60 bits per heavy atom. The summed E-state index contributed by atoms with van der Waals surface area (Å²) in [5.41, 5.74) is 11.9. The fourth-order valence-electron chi connectivity index (χ4n) is 12.1. The summed E-state index contributed by atoms with van der Waals surface area (Å²) < 4.78 is 18.1. The molecule has 3 aliphatic heterocycles. The fourth-order valence-corrected chi connectivity index (χ4v) is 13.4. The van der Waals surface area contributed by atoms with E-state index in [0.29, 0.717) is 54.4 Å². The molecule has 0 saturated carbocycles. The summed E-state index contributed by atoms with van der Waals surface area (Å²) in [6, 6.07) is 22.5. The van der Waals surface area contributed by atoms with Gasteiger partial charge in [-0.1, -0.05) is 81.8 Å². The number of rotatable bonds is 25. The number of aromatic amines is 1. The summed E-state index contributed by atoms with van der Waals surface area (Å²) >= 11 is 1.56. The number of likely N-dealkylation sites (tertiary alicyclic amines) is 1. The summed E-state index contributed by atoms with van der Waals surface area (Å²) in [6.07, 6.45) is 2.14.